The minimum absolute atomic E-state index is 0.272. The van der Waals surface area contributed by atoms with Gasteiger partial charge in [0.05, 0.1) is 12.2 Å². The highest BCUT2D eigenvalue weighted by atomic mass is 16.6. The van der Waals surface area contributed by atoms with Gasteiger partial charge < -0.3 is 4.74 Å². The molecule has 2 aliphatic rings. The Morgan fingerprint density at radius 2 is 2.06 bits per heavy atom. The van der Waals surface area contributed by atoms with Gasteiger partial charge in [0.2, 0.25) is 0 Å². The minimum atomic E-state index is 0.272. The van der Waals surface area contributed by atoms with E-state index >= 15 is 0 Å². The summed E-state index contributed by atoms with van der Waals surface area (Å²) in [6.07, 6.45) is 6.41. The van der Waals surface area contributed by atoms with Gasteiger partial charge in [0, 0.05) is 12.0 Å². The number of fused-ring (bicyclic) bond motifs is 1. The van der Waals surface area contributed by atoms with Crippen LogP contribution in [0.25, 0.3) is 0 Å². The maximum Gasteiger partial charge on any atom is 0.162 e. The normalized spacial score (nSPS) is 30.7. The fourth-order valence-electron chi connectivity index (χ4n) is 2.94. The van der Waals surface area contributed by atoms with Crippen molar-refractivity contribution in [3.8, 4) is 0 Å². The summed E-state index contributed by atoms with van der Waals surface area (Å²) in [6.45, 7) is 0. The molecule has 1 saturated carbocycles. The van der Waals surface area contributed by atoms with Crippen molar-refractivity contribution in [1.82, 2.24) is 0 Å². The third-order valence-corrected chi connectivity index (χ3v) is 3.99. The average Bonchev–Trinajstić information content (AvgIpc) is 3.16. The van der Waals surface area contributed by atoms with E-state index in [0.29, 0.717) is 24.5 Å². The number of rotatable bonds is 4. The van der Waals surface area contributed by atoms with Crippen LogP contribution in [0.15, 0.2) is 30.3 Å². The predicted octanol–water partition coefficient (Wildman–Crippen LogP) is 3.22. The summed E-state index contributed by atoms with van der Waals surface area (Å²) in [5.74, 6) is 0.898. The minimum Gasteiger partial charge on any atom is -0.369 e. The number of hydrogen-bond donors (Lipinski definition) is 0. The van der Waals surface area contributed by atoms with Crippen LogP contribution in [-0.2, 0) is 4.74 Å². The second kappa shape index (κ2) is 4.61. The number of ether oxygens (including phenoxy) is 1. The van der Waals surface area contributed by atoms with Crippen LogP contribution in [0.2, 0.25) is 0 Å². The van der Waals surface area contributed by atoms with Crippen LogP contribution in [0.4, 0.5) is 0 Å². The van der Waals surface area contributed by atoms with Crippen LogP contribution in [0, 0.1) is 5.92 Å². The van der Waals surface area contributed by atoms with E-state index in [4.69, 9.17) is 4.74 Å². The maximum absolute atomic E-state index is 12.0. The Kier molecular flexibility index (Phi) is 2.98. The molecule has 1 aromatic carbocycles. The Labute approximate surface area is 102 Å². The number of hydrogen-bond acceptors (Lipinski definition) is 2. The number of benzene rings is 1. The number of Topliss-reactive ketones (excluding diaryl/α,β-unsaturated/α-hetero) is 1. The van der Waals surface area contributed by atoms with Gasteiger partial charge >= 0.3 is 0 Å². The lowest BCUT2D eigenvalue weighted by molar-refractivity contribution is 0.0970. The van der Waals surface area contributed by atoms with Crippen LogP contribution in [0.5, 0.6) is 0 Å². The van der Waals surface area contributed by atoms with Gasteiger partial charge in [0.1, 0.15) is 0 Å². The molecule has 1 heterocycles. The molecule has 0 bridgehead atoms. The van der Waals surface area contributed by atoms with E-state index in [0.717, 1.165) is 12.0 Å². The average molecular weight is 230 g/mol. The summed E-state index contributed by atoms with van der Waals surface area (Å²) in [4.78, 5) is 12.0. The van der Waals surface area contributed by atoms with E-state index in [1.54, 1.807) is 0 Å². The lowest BCUT2D eigenvalue weighted by atomic mass is 9.85. The second-order valence-corrected chi connectivity index (χ2v) is 5.16. The van der Waals surface area contributed by atoms with Crippen LogP contribution in [-0.4, -0.2) is 18.0 Å². The van der Waals surface area contributed by atoms with Gasteiger partial charge in [-0.15, -0.1) is 0 Å². The molecular formula is C15H18O2. The quantitative estimate of drug-likeness (QED) is 0.587. The van der Waals surface area contributed by atoms with Crippen molar-refractivity contribution in [2.45, 2.75) is 44.3 Å². The third-order valence-electron chi connectivity index (χ3n) is 3.99. The van der Waals surface area contributed by atoms with Crippen molar-refractivity contribution >= 4 is 5.78 Å². The first-order chi connectivity index (χ1) is 8.34. The van der Waals surface area contributed by atoms with Gasteiger partial charge in [0.15, 0.2) is 5.78 Å². The van der Waals surface area contributed by atoms with E-state index in [-0.39, 0.29) is 5.78 Å². The summed E-state index contributed by atoms with van der Waals surface area (Å²) in [5.41, 5.74) is 0.844. The molecule has 3 atom stereocenters. The van der Waals surface area contributed by atoms with Gasteiger partial charge in [0.25, 0.3) is 0 Å². The third kappa shape index (κ3) is 2.42. The molecule has 0 spiro atoms. The SMILES string of the molecule is O=C(CC[C@H]1CCC[C@@H]2O[C@H]12)c1ccccc1. The zero-order valence-electron chi connectivity index (χ0n) is 9.97. The topological polar surface area (TPSA) is 29.6 Å². The molecule has 3 rings (SSSR count). The van der Waals surface area contributed by atoms with E-state index in [1.165, 1.54) is 19.3 Å². The molecule has 1 aliphatic carbocycles. The molecule has 0 amide bonds. The van der Waals surface area contributed by atoms with Crippen LogP contribution >= 0.6 is 0 Å². The molecule has 0 N–H and O–H groups in total. The molecular weight excluding hydrogens is 212 g/mol. The van der Waals surface area contributed by atoms with Crippen molar-refractivity contribution in [2.24, 2.45) is 5.92 Å². The summed E-state index contributed by atoms with van der Waals surface area (Å²) >= 11 is 0. The Bertz CT molecular complexity index is 399. The van der Waals surface area contributed by atoms with Gasteiger partial charge in [-0.2, -0.15) is 0 Å². The number of carbonyl (C=O) groups excluding carboxylic acids is 1. The fourth-order valence-corrected chi connectivity index (χ4v) is 2.94. The van der Waals surface area contributed by atoms with Crippen molar-refractivity contribution in [3.05, 3.63) is 35.9 Å². The Balaban J connectivity index is 1.52. The highest BCUT2D eigenvalue weighted by molar-refractivity contribution is 5.95. The molecule has 90 valence electrons. The monoisotopic (exact) mass is 230 g/mol. The smallest absolute Gasteiger partial charge is 0.162 e. The number of epoxide rings is 1. The largest absolute Gasteiger partial charge is 0.369 e. The van der Waals surface area contributed by atoms with Crippen molar-refractivity contribution in [1.29, 1.82) is 0 Å². The molecule has 2 fully saturated rings. The standard InChI is InChI=1S/C15H18O2/c16-13(11-5-2-1-3-6-11)10-9-12-7-4-8-14-15(12)17-14/h1-3,5-6,12,14-15H,4,7-10H2/t12-,14+,15-/m1/s1. The van der Waals surface area contributed by atoms with E-state index < -0.39 is 0 Å². The molecule has 17 heavy (non-hydrogen) atoms. The maximum atomic E-state index is 12.0. The predicted molar refractivity (Wildman–Crippen MR) is 66.0 cm³/mol. The Morgan fingerprint density at radius 3 is 2.88 bits per heavy atom. The number of ketones is 1. The van der Waals surface area contributed by atoms with Gasteiger partial charge in [-0.3, -0.25) is 4.79 Å². The van der Waals surface area contributed by atoms with Crippen LogP contribution < -0.4 is 0 Å². The Morgan fingerprint density at radius 1 is 1.24 bits per heavy atom. The molecule has 0 radical (unpaired) electrons. The first-order valence-corrected chi connectivity index (χ1v) is 6.58. The summed E-state index contributed by atoms with van der Waals surface area (Å²) in [5, 5.41) is 0. The summed E-state index contributed by atoms with van der Waals surface area (Å²) in [7, 11) is 0. The van der Waals surface area contributed by atoms with Crippen molar-refractivity contribution in [3.63, 3.8) is 0 Å². The van der Waals surface area contributed by atoms with E-state index in [9.17, 15) is 4.79 Å². The van der Waals surface area contributed by atoms with Gasteiger partial charge in [-0.1, -0.05) is 36.8 Å². The van der Waals surface area contributed by atoms with Crippen LogP contribution in [0.3, 0.4) is 0 Å². The summed E-state index contributed by atoms with van der Waals surface area (Å²) in [6, 6.07) is 9.60. The van der Waals surface area contributed by atoms with E-state index in [2.05, 4.69) is 0 Å². The molecule has 0 aromatic heterocycles. The lowest BCUT2D eigenvalue weighted by Gasteiger charge is -2.17. The summed E-state index contributed by atoms with van der Waals surface area (Å²) < 4.78 is 5.62. The van der Waals surface area contributed by atoms with Crippen molar-refractivity contribution < 1.29 is 9.53 Å². The first-order valence-electron chi connectivity index (χ1n) is 6.58. The molecule has 0 unspecified atom stereocenters. The molecule has 2 heteroatoms. The highest BCUT2D eigenvalue weighted by Gasteiger charge is 2.46. The Hall–Kier alpha value is -1.15. The first kappa shape index (κ1) is 11.0. The molecule has 1 saturated heterocycles. The van der Waals surface area contributed by atoms with Crippen LogP contribution in [0.1, 0.15) is 42.5 Å². The zero-order chi connectivity index (χ0) is 11.7. The highest BCUT2D eigenvalue weighted by Crippen LogP contribution is 2.42. The molecule has 1 aromatic rings. The van der Waals surface area contributed by atoms with E-state index in [1.807, 2.05) is 30.3 Å². The lowest BCUT2D eigenvalue weighted by Crippen LogP contribution is -2.17. The van der Waals surface area contributed by atoms with Crippen molar-refractivity contribution in [2.75, 3.05) is 0 Å². The zero-order valence-corrected chi connectivity index (χ0v) is 9.97. The van der Waals surface area contributed by atoms with Gasteiger partial charge in [-0.05, 0) is 25.2 Å². The molecule has 1 aliphatic heterocycles. The fraction of sp³-hybridized carbons (Fsp3) is 0.533. The number of carbonyl (C=O) groups is 1. The second-order valence-electron chi connectivity index (χ2n) is 5.16. The molecule has 2 nitrogen and oxygen atoms in total. The van der Waals surface area contributed by atoms with Gasteiger partial charge in [-0.25, -0.2) is 0 Å².